The van der Waals surface area contributed by atoms with E-state index in [1.807, 2.05) is 6.07 Å². The maximum Gasteiger partial charge on any atom is 0.269 e. The predicted molar refractivity (Wildman–Crippen MR) is 66.4 cm³/mol. The van der Waals surface area contributed by atoms with Crippen LogP contribution in [0.4, 0.5) is 0 Å². The van der Waals surface area contributed by atoms with Crippen molar-refractivity contribution >= 4 is 5.91 Å². The van der Waals surface area contributed by atoms with Gasteiger partial charge in [0.25, 0.3) is 5.91 Å². The van der Waals surface area contributed by atoms with Gasteiger partial charge in [0.15, 0.2) is 0 Å². The molecule has 0 radical (unpaired) electrons. The predicted octanol–water partition coefficient (Wildman–Crippen LogP) is 1.46. The summed E-state index contributed by atoms with van der Waals surface area (Å²) in [6.45, 7) is 1.18. The van der Waals surface area contributed by atoms with E-state index in [4.69, 9.17) is 5.73 Å². The zero-order valence-corrected chi connectivity index (χ0v) is 9.98. The van der Waals surface area contributed by atoms with Crippen LogP contribution in [0.15, 0.2) is 18.3 Å². The molecule has 3 N–H and O–H groups in total. The number of nitrogens with two attached hydrogens (primary N) is 1. The van der Waals surface area contributed by atoms with Gasteiger partial charge in [0, 0.05) is 19.3 Å². The molecular weight excluding hydrogens is 214 g/mol. The van der Waals surface area contributed by atoms with Crippen LogP contribution in [0.2, 0.25) is 0 Å². The first kappa shape index (κ1) is 12.0. The maximum absolute atomic E-state index is 11.8. The third kappa shape index (κ3) is 3.27. The lowest BCUT2D eigenvalue weighted by molar-refractivity contribution is 0.0944. The minimum Gasteiger partial charge on any atom is -0.351 e. The van der Waals surface area contributed by atoms with Crippen molar-refractivity contribution in [3.05, 3.63) is 29.6 Å². The molecule has 0 atom stereocenters. The molecule has 1 aromatic rings. The van der Waals surface area contributed by atoms with Crippen LogP contribution >= 0.6 is 0 Å². The standard InChI is InChI=1S/C13H19N3O/c14-9-11-5-6-15-12(8-11)13(17)16-7-4-10-2-1-3-10/h5-6,8,10H,1-4,7,9,14H2,(H,16,17). The van der Waals surface area contributed by atoms with Crippen molar-refractivity contribution in [2.45, 2.75) is 32.2 Å². The number of nitrogens with one attached hydrogen (secondary N) is 1. The van der Waals surface area contributed by atoms with Gasteiger partial charge in [0.1, 0.15) is 5.69 Å². The van der Waals surface area contributed by atoms with E-state index in [0.29, 0.717) is 12.2 Å². The summed E-state index contributed by atoms with van der Waals surface area (Å²) in [6.07, 6.45) is 6.69. The molecule has 0 aromatic carbocycles. The number of nitrogens with zero attached hydrogens (tertiary/aromatic N) is 1. The Kier molecular flexibility index (Phi) is 4.09. The number of hydrogen-bond donors (Lipinski definition) is 2. The minimum absolute atomic E-state index is 0.0976. The van der Waals surface area contributed by atoms with E-state index in [1.54, 1.807) is 12.3 Å². The molecule has 1 fully saturated rings. The molecule has 1 aliphatic rings. The van der Waals surface area contributed by atoms with Gasteiger partial charge in [-0.3, -0.25) is 9.78 Å². The van der Waals surface area contributed by atoms with E-state index < -0.39 is 0 Å². The van der Waals surface area contributed by atoms with Crippen molar-refractivity contribution in [2.24, 2.45) is 11.7 Å². The molecule has 1 aliphatic carbocycles. The van der Waals surface area contributed by atoms with Crippen molar-refractivity contribution in [1.82, 2.24) is 10.3 Å². The van der Waals surface area contributed by atoms with Gasteiger partial charge >= 0.3 is 0 Å². The quantitative estimate of drug-likeness (QED) is 0.809. The average molecular weight is 233 g/mol. The number of carbonyl (C=O) groups is 1. The van der Waals surface area contributed by atoms with Gasteiger partial charge in [0.2, 0.25) is 0 Å². The van der Waals surface area contributed by atoms with Crippen LogP contribution in [-0.2, 0) is 6.54 Å². The molecule has 0 unspecified atom stereocenters. The Morgan fingerprint density at radius 3 is 3.00 bits per heavy atom. The van der Waals surface area contributed by atoms with Crippen molar-refractivity contribution in [3.8, 4) is 0 Å². The summed E-state index contributed by atoms with van der Waals surface area (Å²) >= 11 is 0. The second-order valence-electron chi connectivity index (χ2n) is 4.59. The Labute approximate surface area is 102 Å². The molecule has 0 spiro atoms. The Hall–Kier alpha value is -1.42. The molecule has 0 aliphatic heterocycles. The highest BCUT2D eigenvalue weighted by atomic mass is 16.1. The second-order valence-corrected chi connectivity index (χ2v) is 4.59. The van der Waals surface area contributed by atoms with Gasteiger partial charge in [-0.1, -0.05) is 19.3 Å². The molecule has 0 saturated heterocycles. The number of aromatic nitrogens is 1. The molecule has 0 bridgehead atoms. The topological polar surface area (TPSA) is 68.0 Å². The summed E-state index contributed by atoms with van der Waals surface area (Å²) < 4.78 is 0. The number of rotatable bonds is 5. The summed E-state index contributed by atoms with van der Waals surface area (Å²) in [5.41, 5.74) is 6.92. The first-order chi connectivity index (χ1) is 8.29. The first-order valence-corrected chi connectivity index (χ1v) is 6.23. The van der Waals surface area contributed by atoms with Crippen molar-refractivity contribution < 1.29 is 4.79 Å². The summed E-state index contributed by atoms with van der Waals surface area (Å²) in [7, 11) is 0. The molecule has 1 saturated carbocycles. The van der Waals surface area contributed by atoms with E-state index >= 15 is 0 Å². The van der Waals surface area contributed by atoms with E-state index in [-0.39, 0.29) is 5.91 Å². The van der Waals surface area contributed by atoms with Crippen LogP contribution in [0, 0.1) is 5.92 Å². The minimum atomic E-state index is -0.0976. The Morgan fingerprint density at radius 1 is 1.53 bits per heavy atom. The molecule has 2 rings (SSSR count). The fourth-order valence-electron chi connectivity index (χ4n) is 1.99. The van der Waals surface area contributed by atoms with Crippen LogP contribution in [0.3, 0.4) is 0 Å². The number of amides is 1. The molecule has 17 heavy (non-hydrogen) atoms. The van der Waals surface area contributed by atoms with E-state index in [1.165, 1.54) is 19.3 Å². The molecule has 1 heterocycles. The summed E-state index contributed by atoms with van der Waals surface area (Å²) in [6, 6.07) is 3.57. The van der Waals surface area contributed by atoms with Crippen molar-refractivity contribution in [1.29, 1.82) is 0 Å². The van der Waals surface area contributed by atoms with Gasteiger partial charge in [-0.05, 0) is 30.0 Å². The third-order valence-electron chi connectivity index (χ3n) is 3.36. The highest BCUT2D eigenvalue weighted by Gasteiger charge is 2.17. The SMILES string of the molecule is NCc1ccnc(C(=O)NCCC2CCC2)c1. The van der Waals surface area contributed by atoms with Gasteiger partial charge < -0.3 is 11.1 Å². The van der Waals surface area contributed by atoms with Gasteiger partial charge in [-0.15, -0.1) is 0 Å². The molecular formula is C13H19N3O. The lowest BCUT2D eigenvalue weighted by Crippen LogP contribution is -2.28. The normalized spacial score (nSPS) is 15.4. The zero-order valence-electron chi connectivity index (χ0n) is 9.98. The molecule has 92 valence electrons. The van der Waals surface area contributed by atoms with Crippen molar-refractivity contribution in [2.75, 3.05) is 6.54 Å². The molecule has 4 heteroatoms. The fraction of sp³-hybridized carbons (Fsp3) is 0.538. The molecule has 1 aromatic heterocycles. The van der Waals surface area contributed by atoms with E-state index in [2.05, 4.69) is 10.3 Å². The lowest BCUT2D eigenvalue weighted by Gasteiger charge is -2.25. The van der Waals surface area contributed by atoms with Crippen LogP contribution in [0.1, 0.15) is 41.7 Å². The first-order valence-electron chi connectivity index (χ1n) is 6.23. The monoisotopic (exact) mass is 233 g/mol. The van der Waals surface area contributed by atoms with Gasteiger partial charge in [-0.25, -0.2) is 0 Å². The lowest BCUT2D eigenvalue weighted by atomic mass is 9.83. The van der Waals surface area contributed by atoms with Crippen LogP contribution < -0.4 is 11.1 Å². The third-order valence-corrected chi connectivity index (χ3v) is 3.36. The van der Waals surface area contributed by atoms with Gasteiger partial charge in [-0.2, -0.15) is 0 Å². The highest BCUT2D eigenvalue weighted by Crippen LogP contribution is 2.28. The second kappa shape index (κ2) is 5.77. The summed E-state index contributed by atoms with van der Waals surface area (Å²) in [4.78, 5) is 15.8. The van der Waals surface area contributed by atoms with Crippen LogP contribution in [-0.4, -0.2) is 17.4 Å². The molecule has 4 nitrogen and oxygen atoms in total. The Bertz CT molecular complexity index is 388. The summed E-state index contributed by atoms with van der Waals surface area (Å²) in [5, 5.41) is 2.91. The Balaban J connectivity index is 1.81. The zero-order chi connectivity index (χ0) is 12.1. The average Bonchev–Trinajstić information content (AvgIpc) is 2.32. The van der Waals surface area contributed by atoms with Crippen LogP contribution in [0.25, 0.3) is 0 Å². The van der Waals surface area contributed by atoms with Gasteiger partial charge in [0.05, 0.1) is 0 Å². The van der Waals surface area contributed by atoms with Crippen LogP contribution in [0.5, 0.6) is 0 Å². The van der Waals surface area contributed by atoms with E-state index in [9.17, 15) is 4.79 Å². The summed E-state index contributed by atoms with van der Waals surface area (Å²) in [5.74, 6) is 0.721. The molecule has 1 amide bonds. The number of hydrogen-bond acceptors (Lipinski definition) is 3. The van der Waals surface area contributed by atoms with E-state index in [0.717, 1.165) is 24.4 Å². The number of pyridine rings is 1. The fourth-order valence-corrected chi connectivity index (χ4v) is 1.99. The van der Waals surface area contributed by atoms with Crippen molar-refractivity contribution in [3.63, 3.8) is 0 Å². The maximum atomic E-state index is 11.8. The Morgan fingerprint density at radius 2 is 2.35 bits per heavy atom. The largest absolute Gasteiger partial charge is 0.351 e. The highest BCUT2D eigenvalue weighted by molar-refractivity contribution is 5.92. The number of carbonyl (C=O) groups excluding carboxylic acids is 1. The smallest absolute Gasteiger partial charge is 0.269 e.